The maximum absolute atomic E-state index is 13.4. The molecule has 8 heteroatoms. The predicted octanol–water partition coefficient (Wildman–Crippen LogP) is 4.04. The van der Waals surface area contributed by atoms with E-state index in [-0.39, 0.29) is 23.9 Å². The SMILES string of the molecule is COc1ccc(OC)c2[nH]c(C(=O)N3C[C@@H](C)N(C(=O)c4ccc5cc[nH]c5c4)[C@H](C)C3)cc12. The molecule has 4 aromatic rings. The summed E-state index contributed by atoms with van der Waals surface area (Å²) in [6.45, 7) is 4.86. The van der Waals surface area contributed by atoms with Gasteiger partial charge in [-0.3, -0.25) is 9.59 Å². The Balaban J connectivity index is 1.38. The third-order valence-corrected chi connectivity index (χ3v) is 6.63. The van der Waals surface area contributed by atoms with Crippen molar-refractivity contribution in [1.82, 2.24) is 19.8 Å². The lowest BCUT2D eigenvalue weighted by Crippen LogP contribution is -2.59. The van der Waals surface area contributed by atoms with Crippen molar-refractivity contribution in [2.24, 2.45) is 0 Å². The number of carbonyl (C=O) groups excluding carboxylic acids is 2. The number of hydrogen-bond donors (Lipinski definition) is 2. The van der Waals surface area contributed by atoms with E-state index in [0.29, 0.717) is 35.8 Å². The average molecular weight is 461 g/mol. The minimum absolute atomic E-state index is 0.0244. The van der Waals surface area contributed by atoms with Crippen LogP contribution in [0.5, 0.6) is 11.5 Å². The maximum Gasteiger partial charge on any atom is 0.270 e. The van der Waals surface area contributed by atoms with Gasteiger partial charge in [0, 0.05) is 47.8 Å². The molecule has 8 nitrogen and oxygen atoms in total. The van der Waals surface area contributed by atoms with Gasteiger partial charge < -0.3 is 29.2 Å². The number of rotatable bonds is 4. The van der Waals surface area contributed by atoms with Gasteiger partial charge in [0.05, 0.1) is 19.7 Å². The number of H-pyrrole nitrogens is 2. The summed E-state index contributed by atoms with van der Waals surface area (Å²) in [6.07, 6.45) is 1.86. The van der Waals surface area contributed by atoms with Crippen LogP contribution in [0.4, 0.5) is 0 Å². The first-order chi connectivity index (χ1) is 16.4. The molecule has 1 aliphatic rings. The fourth-order valence-corrected chi connectivity index (χ4v) is 5.02. The first kappa shape index (κ1) is 21.9. The van der Waals surface area contributed by atoms with Gasteiger partial charge in [-0.15, -0.1) is 0 Å². The van der Waals surface area contributed by atoms with E-state index in [9.17, 15) is 9.59 Å². The number of aromatic nitrogens is 2. The summed E-state index contributed by atoms with van der Waals surface area (Å²) < 4.78 is 10.9. The molecule has 0 unspecified atom stereocenters. The maximum atomic E-state index is 13.4. The fourth-order valence-electron chi connectivity index (χ4n) is 5.02. The number of methoxy groups -OCH3 is 2. The second-order valence-corrected chi connectivity index (χ2v) is 8.84. The van der Waals surface area contributed by atoms with Crippen LogP contribution in [0.25, 0.3) is 21.8 Å². The summed E-state index contributed by atoms with van der Waals surface area (Å²) in [5.41, 5.74) is 2.77. The van der Waals surface area contributed by atoms with Gasteiger partial charge in [-0.05, 0) is 55.6 Å². The highest BCUT2D eigenvalue weighted by Crippen LogP contribution is 2.34. The molecule has 2 atom stereocenters. The van der Waals surface area contributed by atoms with Gasteiger partial charge in [-0.1, -0.05) is 6.07 Å². The summed E-state index contributed by atoms with van der Waals surface area (Å²) in [7, 11) is 3.19. The van der Waals surface area contributed by atoms with Gasteiger partial charge in [0.2, 0.25) is 0 Å². The number of ether oxygens (including phenoxy) is 2. The quantitative estimate of drug-likeness (QED) is 0.481. The third kappa shape index (κ3) is 3.55. The molecule has 2 N–H and O–H groups in total. The van der Waals surface area contributed by atoms with Crippen LogP contribution in [0, 0.1) is 0 Å². The molecule has 0 bridgehead atoms. The number of aromatic amines is 2. The van der Waals surface area contributed by atoms with Crippen LogP contribution in [0.2, 0.25) is 0 Å². The van der Waals surface area contributed by atoms with E-state index < -0.39 is 0 Å². The molecule has 0 spiro atoms. The van der Waals surface area contributed by atoms with Crippen LogP contribution in [0.1, 0.15) is 34.7 Å². The van der Waals surface area contributed by atoms with Crippen molar-refractivity contribution < 1.29 is 19.1 Å². The molecule has 1 fully saturated rings. The Morgan fingerprint density at radius 3 is 2.32 bits per heavy atom. The van der Waals surface area contributed by atoms with Crippen LogP contribution in [-0.2, 0) is 0 Å². The molecule has 2 aromatic heterocycles. The second-order valence-electron chi connectivity index (χ2n) is 8.84. The van der Waals surface area contributed by atoms with Crippen molar-refractivity contribution >= 4 is 33.6 Å². The van der Waals surface area contributed by atoms with E-state index in [1.165, 1.54) is 0 Å². The first-order valence-electron chi connectivity index (χ1n) is 11.3. The van der Waals surface area contributed by atoms with E-state index in [1.807, 2.05) is 61.3 Å². The summed E-state index contributed by atoms with van der Waals surface area (Å²) in [6, 6.07) is 12.9. The van der Waals surface area contributed by atoms with E-state index >= 15 is 0 Å². The number of hydrogen-bond acceptors (Lipinski definition) is 4. The van der Waals surface area contributed by atoms with E-state index in [1.54, 1.807) is 25.2 Å². The van der Waals surface area contributed by atoms with Gasteiger partial charge in [0.1, 0.15) is 17.2 Å². The molecule has 1 saturated heterocycles. The van der Waals surface area contributed by atoms with Gasteiger partial charge in [-0.25, -0.2) is 0 Å². The van der Waals surface area contributed by atoms with Crippen molar-refractivity contribution in [2.75, 3.05) is 27.3 Å². The van der Waals surface area contributed by atoms with Gasteiger partial charge in [0.15, 0.2) is 0 Å². The summed E-state index contributed by atoms with van der Waals surface area (Å²) in [5.74, 6) is 1.18. The highest BCUT2D eigenvalue weighted by molar-refractivity contribution is 6.02. The van der Waals surface area contributed by atoms with Gasteiger partial charge in [0.25, 0.3) is 11.8 Å². The number of nitrogens with zero attached hydrogens (tertiary/aromatic N) is 2. The topological polar surface area (TPSA) is 90.7 Å². The zero-order valence-corrected chi connectivity index (χ0v) is 19.7. The lowest BCUT2D eigenvalue weighted by Gasteiger charge is -2.44. The normalized spacial score (nSPS) is 18.5. The third-order valence-electron chi connectivity index (χ3n) is 6.63. The van der Waals surface area contributed by atoms with Crippen molar-refractivity contribution in [1.29, 1.82) is 0 Å². The van der Waals surface area contributed by atoms with Gasteiger partial charge in [-0.2, -0.15) is 0 Å². The molecular formula is C26H28N4O4. The monoisotopic (exact) mass is 460 g/mol. The van der Waals surface area contributed by atoms with Crippen LogP contribution >= 0.6 is 0 Å². The van der Waals surface area contributed by atoms with Crippen LogP contribution < -0.4 is 9.47 Å². The fraction of sp³-hybridized carbons (Fsp3) is 0.308. The Bertz CT molecular complexity index is 1340. The molecule has 1 aliphatic heterocycles. The number of nitrogens with one attached hydrogen (secondary N) is 2. The van der Waals surface area contributed by atoms with E-state index in [4.69, 9.17) is 9.47 Å². The molecule has 176 valence electrons. The Hall–Kier alpha value is -3.94. The smallest absolute Gasteiger partial charge is 0.270 e. The van der Waals surface area contributed by atoms with Crippen molar-refractivity contribution in [3.8, 4) is 11.5 Å². The summed E-state index contributed by atoms with van der Waals surface area (Å²) in [5, 5.41) is 1.86. The molecule has 34 heavy (non-hydrogen) atoms. The first-order valence-corrected chi connectivity index (χ1v) is 11.3. The lowest BCUT2D eigenvalue weighted by molar-refractivity contribution is 0.0252. The zero-order chi connectivity index (χ0) is 24.0. The molecule has 0 aliphatic carbocycles. The number of carbonyl (C=O) groups is 2. The van der Waals surface area contributed by atoms with Crippen LogP contribution in [-0.4, -0.2) is 71.0 Å². The Morgan fingerprint density at radius 1 is 0.912 bits per heavy atom. The molecule has 5 rings (SSSR count). The Labute approximate surface area is 197 Å². The van der Waals surface area contributed by atoms with E-state index in [0.717, 1.165) is 21.8 Å². The molecular weight excluding hydrogens is 432 g/mol. The van der Waals surface area contributed by atoms with Gasteiger partial charge >= 0.3 is 0 Å². The number of amides is 2. The number of fused-ring (bicyclic) bond motifs is 2. The largest absolute Gasteiger partial charge is 0.496 e. The van der Waals surface area contributed by atoms with Crippen molar-refractivity contribution in [2.45, 2.75) is 25.9 Å². The minimum atomic E-state index is -0.131. The summed E-state index contributed by atoms with van der Waals surface area (Å²) in [4.78, 5) is 36.9. The molecule has 2 amide bonds. The Kier molecular flexibility index (Phi) is 5.43. The van der Waals surface area contributed by atoms with Crippen LogP contribution in [0.15, 0.2) is 48.7 Å². The molecule has 2 aromatic carbocycles. The zero-order valence-electron chi connectivity index (χ0n) is 19.7. The molecule has 0 saturated carbocycles. The van der Waals surface area contributed by atoms with Crippen molar-refractivity contribution in [3.63, 3.8) is 0 Å². The average Bonchev–Trinajstić information content (AvgIpc) is 3.49. The predicted molar refractivity (Wildman–Crippen MR) is 131 cm³/mol. The highest BCUT2D eigenvalue weighted by Gasteiger charge is 2.36. The summed E-state index contributed by atoms with van der Waals surface area (Å²) >= 11 is 0. The Morgan fingerprint density at radius 2 is 1.62 bits per heavy atom. The van der Waals surface area contributed by atoms with Crippen LogP contribution in [0.3, 0.4) is 0 Å². The molecule has 0 radical (unpaired) electrons. The lowest BCUT2D eigenvalue weighted by atomic mass is 10.0. The minimum Gasteiger partial charge on any atom is -0.496 e. The molecule has 3 heterocycles. The second kappa shape index (κ2) is 8.44. The van der Waals surface area contributed by atoms with E-state index in [2.05, 4.69) is 9.97 Å². The highest BCUT2D eigenvalue weighted by atomic mass is 16.5. The number of piperazine rings is 1. The van der Waals surface area contributed by atoms with Crippen molar-refractivity contribution in [3.05, 3.63) is 59.9 Å². The standard InChI is InChI=1S/C26H28N4O4/c1-15-13-29(26(32)21-12-19-22(33-3)7-8-23(34-4)24(19)28-21)14-16(2)30(15)25(31)18-6-5-17-9-10-27-20(17)11-18/h5-12,15-16,27-28H,13-14H2,1-4H3/t15-,16-/m1/s1. The number of benzene rings is 2.